The summed E-state index contributed by atoms with van der Waals surface area (Å²) in [6, 6.07) is 2.98. The van der Waals surface area contributed by atoms with Gasteiger partial charge in [0.15, 0.2) is 11.5 Å². The third kappa shape index (κ3) is 4.69. The number of hydrogen-bond donors (Lipinski definition) is 1. The Hall–Kier alpha value is -2.21. The second kappa shape index (κ2) is 8.94. The number of rotatable bonds is 9. The van der Waals surface area contributed by atoms with Gasteiger partial charge in [-0.3, -0.25) is 14.6 Å². The van der Waals surface area contributed by atoms with Gasteiger partial charge in [-0.05, 0) is 43.9 Å². The van der Waals surface area contributed by atoms with Gasteiger partial charge < -0.3 is 14.7 Å². The number of ether oxygens (including phenoxy) is 1. The van der Waals surface area contributed by atoms with Gasteiger partial charge in [-0.1, -0.05) is 13.8 Å². The summed E-state index contributed by atoms with van der Waals surface area (Å²) >= 11 is 0. The van der Waals surface area contributed by atoms with Crippen LogP contribution in [-0.4, -0.2) is 45.9 Å². The van der Waals surface area contributed by atoms with E-state index in [1.807, 2.05) is 27.7 Å². The Bertz CT molecular complexity index is 668. The number of pyridine rings is 1. The maximum atomic E-state index is 12.7. The number of Topliss-reactive ketones (excluding diaryl/α,β-unsaturated/α-hetero) is 1. The van der Waals surface area contributed by atoms with Crippen LogP contribution in [0.15, 0.2) is 35.9 Å². The topological polar surface area (TPSA) is 79.7 Å². The van der Waals surface area contributed by atoms with Crippen LogP contribution in [0.3, 0.4) is 0 Å². The summed E-state index contributed by atoms with van der Waals surface area (Å²) in [6.07, 6.45) is 4.29. The van der Waals surface area contributed by atoms with Crippen molar-refractivity contribution in [1.29, 1.82) is 0 Å². The summed E-state index contributed by atoms with van der Waals surface area (Å²) in [4.78, 5) is 30.9. The number of hydrogen-bond acceptors (Lipinski definition) is 5. The minimum absolute atomic E-state index is 0.120. The number of ketones is 1. The standard InChI is InChI=1S/C20H28N2O4/c1-13(2)12-16(23)17-18(15-6-8-21-9-7-15)22(20(25)19(17)24)10-5-11-26-14(3)4/h6-9,13-14,18,24H,5,10-12H2,1-4H3. The minimum atomic E-state index is -0.573. The van der Waals surface area contributed by atoms with Crippen molar-refractivity contribution in [1.82, 2.24) is 9.88 Å². The molecule has 6 heteroatoms. The maximum Gasteiger partial charge on any atom is 0.290 e. The van der Waals surface area contributed by atoms with Gasteiger partial charge in [0.2, 0.25) is 0 Å². The van der Waals surface area contributed by atoms with E-state index in [0.29, 0.717) is 26.0 Å². The minimum Gasteiger partial charge on any atom is -0.503 e. The van der Waals surface area contributed by atoms with Gasteiger partial charge in [-0.15, -0.1) is 0 Å². The second-order valence-electron chi connectivity index (χ2n) is 7.24. The zero-order chi connectivity index (χ0) is 19.3. The molecule has 1 amide bonds. The number of carbonyl (C=O) groups is 2. The molecule has 1 aliphatic heterocycles. The van der Waals surface area contributed by atoms with Crippen LogP contribution < -0.4 is 0 Å². The summed E-state index contributed by atoms with van der Waals surface area (Å²) < 4.78 is 5.54. The quantitative estimate of drug-likeness (QED) is 0.684. The lowest BCUT2D eigenvalue weighted by Gasteiger charge is -2.27. The summed E-state index contributed by atoms with van der Waals surface area (Å²) in [7, 11) is 0. The molecule has 1 aromatic heterocycles. The Kier molecular flexibility index (Phi) is 6.91. The van der Waals surface area contributed by atoms with Gasteiger partial charge in [-0.25, -0.2) is 0 Å². The van der Waals surface area contributed by atoms with E-state index in [9.17, 15) is 14.7 Å². The van der Waals surface area contributed by atoms with E-state index in [4.69, 9.17) is 4.74 Å². The van der Waals surface area contributed by atoms with Gasteiger partial charge in [-0.2, -0.15) is 0 Å². The lowest BCUT2D eigenvalue weighted by Crippen LogP contribution is -2.32. The van der Waals surface area contributed by atoms with E-state index in [1.165, 1.54) is 0 Å². The number of carbonyl (C=O) groups excluding carboxylic acids is 2. The molecule has 0 saturated heterocycles. The normalized spacial score (nSPS) is 17.7. The Labute approximate surface area is 154 Å². The Morgan fingerprint density at radius 1 is 1.27 bits per heavy atom. The highest BCUT2D eigenvalue weighted by Gasteiger charge is 2.42. The predicted molar refractivity (Wildman–Crippen MR) is 98.5 cm³/mol. The van der Waals surface area contributed by atoms with E-state index in [-0.39, 0.29) is 23.4 Å². The molecular weight excluding hydrogens is 332 g/mol. The third-order valence-corrected chi connectivity index (χ3v) is 4.21. The van der Waals surface area contributed by atoms with Crippen molar-refractivity contribution in [3.05, 3.63) is 41.4 Å². The molecule has 6 nitrogen and oxygen atoms in total. The Balaban J connectivity index is 2.28. The van der Waals surface area contributed by atoms with Gasteiger partial charge in [0, 0.05) is 32.0 Å². The number of nitrogens with zero attached hydrogens (tertiary/aromatic N) is 2. The molecule has 1 atom stereocenters. The molecule has 1 unspecified atom stereocenters. The van der Waals surface area contributed by atoms with Crippen molar-refractivity contribution in [2.24, 2.45) is 5.92 Å². The van der Waals surface area contributed by atoms with Crippen LogP contribution in [0, 0.1) is 5.92 Å². The molecule has 0 bridgehead atoms. The van der Waals surface area contributed by atoms with E-state index < -0.39 is 17.7 Å². The molecule has 142 valence electrons. The summed E-state index contributed by atoms with van der Waals surface area (Å²) in [5, 5.41) is 10.4. The summed E-state index contributed by atoms with van der Waals surface area (Å²) in [5.41, 5.74) is 0.967. The van der Waals surface area contributed by atoms with E-state index in [0.717, 1.165) is 5.56 Å². The molecule has 1 aromatic rings. The number of aromatic nitrogens is 1. The molecule has 0 saturated carbocycles. The van der Waals surface area contributed by atoms with Crippen molar-refractivity contribution in [2.75, 3.05) is 13.2 Å². The van der Waals surface area contributed by atoms with Crippen LogP contribution in [0.1, 0.15) is 52.1 Å². The predicted octanol–water partition coefficient (Wildman–Crippen LogP) is 3.21. The van der Waals surface area contributed by atoms with Crippen molar-refractivity contribution in [3.63, 3.8) is 0 Å². The average molecular weight is 360 g/mol. The molecule has 1 aliphatic rings. The molecule has 0 radical (unpaired) electrons. The zero-order valence-electron chi connectivity index (χ0n) is 15.9. The average Bonchev–Trinajstić information content (AvgIpc) is 2.83. The van der Waals surface area contributed by atoms with Gasteiger partial charge in [0.1, 0.15) is 0 Å². The van der Waals surface area contributed by atoms with E-state index >= 15 is 0 Å². The number of aliphatic hydroxyl groups excluding tert-OH is 1. The summed E-state index contributed by atoms with van der Waals surface area (Å²) in [6.45, 7) is 8.71. The fourth-order valence-electron chi connectivity index (χ4n) is 3.10. The van der Waals surface area contributed by atoms with Crippen LogP contribution in [0.25, 0.3) is 0 Å². The second-order valence-corrected chi connectivity index (χ2v) is 7.24. The van der Waals surface area contributed by atoms with Crippen LogP contribution in [0.5, 0.6) is 0 Å². The van der Waals surface area contributed by atoms with Crippen molar-refractivity contribution in [3.8, 4) is 0 Å². The zero-order valence-corrected chi connectivity index (χ0v) is 15.9. The molecule has 0 fully saturated rings. The van der Waals surface area contributed by atoms with Crippen LogP contribution in [0.4, 0.5) is 0 Å². The molecule has 0 aliphatic carbocycles. The smallest absolute Gasteiger partial charge is 0.290 e. The van der Waals surface area contributed by atoms with Crippen LogP contribution in [0.2, 0.25) is 0 Å². The van der Waals surface area contributed by atoms with Crippen LogP contribution >= 0.6 is 0 Å². The summed E-state index contributed by atoms with van der Waals surface area (Å²) in [5.74, 6) is -0.969. The first kappa shape index (κ1) is 20.1. The lowest BCUT2D eigenvalue weighted by molar-refractivity contribution is -0.129. The number of aliphatic hydroxyl groups is 1. The first-order valence-corrected chi connectivity index (χ1v) is 9.11. The number of amides is 1. The monoisotopic (exact) mass is 360 g/mol. The fraction of sp³-hybridized carbons (Fsp3) is 0.550. The Morgan fingerprint density at radius 3 is 2.50 bits per heavy atom. The van der Waals surface area contributed by atoms with Gasteiger partial charge >= 0.3 is 0 Å². The molecule has 2 heterocycles. The molecule has 1 N–H and O–H groups in total. The molecular formula is C20H28N2O4. The maximum absolute atomic E-state index is 12.7. The highest BCUT2D eigenvalue weighted by atomic mass is 16.5. The Morgan fingerprint density at radius 2 is 1.92 bits per heavy atom. The first-order valence-electron chi connectivity index (χ1n) is 9.11. The van der Waals surface area contributed by atoms with Gasteiger partial charge in [0.25, 0.3) is 5.91 Å². The molecule has 0 aromatic carbocycles. The molecule has 2 rings (SSSR count). The van der Waals surface area contributed by atoms with E-state index in [2.05, 4.69) is 4.98 Å². The lowest BCUT2D eigenvalue weighted by atomic mass is 9.92. The van der Waals surface area contributed by atoms with Crippen molar-refractivity contribution >= 4 is 11.7 Å². The largest absolute Gasteiger partial charge is 0.503 e. The SMILES string of the molecule is CC(C)CC(=O)C1=C(O)C(=O)N(CCCOC(C)C)C1c1ccncc1. The third-order valence-electron chi connectivity index (χ3n) is 4.21. The van der Waals surface area contributed by atoms with Crippen LogP contribution in [-0.2, 0) is 14.3 Å². The molecule has 0 spiro atoms. The first-order chi connectivity index (χ1) is 12.3. The highest BCUT2D eigenvalue weighted by molar-refractivity contribution is 6.09. The van der Waals surface area contributed by atoms with Crippen molar-refractivity contribution in [2.45, 2.75) is 52.7 Å². The van der Waals surface area contributed by atoms with Gasteiger partial charge in [0.05, 0.1) is 17.7 Å². The molecule has 26 heavy (non-hydrogen) atoms. The van der Waals surface area contributed by atoms with Crippen molar-refractivity contribution < 1.29 is 19.4 Å². The fourth-order valence-corrected chi connectivity index (χ4v) is 3.10. The van der Waals surface area contributed by atoms with E-state index in [1.54, 1.807) is 29.4 Å². The highest BCUT2D eigenvalue weighted by Crippen LogP contribution is 2.38.